The molecule has 0 spiro atoms. The van der Waals surface area contributed by atoms with Crippen LogP contribution in [0, 0.1) is 0 Å². The fourth-order valence-corrected chi connectivity index (χ4v) is 2.55. The summed E-state index contributed by atoms with van der Waals surface area (Å²) in [5, 5.41) is 9.62. The van der Waals surface area contributed by atoms with Gasteiger partial charge in [-0.3, -0.25) is 9.89 Å². The molecule has 5 heteroatoms. The van der Waals surface area contributed by atoms with Crippen molar-refractivity contribution in [3.05, 3.63) is 18.0 Å². The molecule has 1 fully saturated rings. The number of carbonyl (C=O) groups excluding carboxylic acids is 1. The SMILES string of the molecule is C[C@@H](CCC(=O)NCCc1cn[nH]c1)N1CCCC1. The summed E-state index contributed by atoms with van der Waals surface area (Å²) in [5.74, 6) is 0.162. The van der Waals surface area contributed by atoms with Gasteiger partial charge in [-0.15, -0.1) is 0 Å². The summed E-state index contributed by atoms with van der Waals surface area (Å²) in [6.07, 6.45) is 8.69. The molecule has 0 radical (unpaired) electrons. The van der Waals surface area contributed by atoms with Gasteiger partial charge in [-0.25, -0.2) is 0 Å². The van der Waals surface area contributed by atoms with Crippen LogP contribution < -0.4 is 5.32 Å². The highest BCUT2D eigenvalue weighted by molar-refractivity contribution is 5.75. The Morgan fingerprint density at radius 3 is 3.00 bits per heavy atom. The van der Waals surface area contributed by atoms with Crippen molar-refractivity contribution in [3.63, 3.8) is 0 Å². The third-order valence-electron chi connectivity index (χ3n) is 3.84. The summed E-state index contributed by atoms with van der Waals surface area (Å²) in [5.41, 5.74) is 1.13. The molecule has 2 N–H and O–H groups in total. The second kappa shape index (κ2) is 7.28. The van der Waals surface area contributed by atoms with E-state index < -0.39 is 0 Å². The van der Waals surface area contributed by atoms with E-state index in [1.54, 1.807) is 6.20 Å². The summed E-state index contributed by atoms with van der Waals surface area (Å²) < 4.78 is 0. The lowest BCUT2D eigenvalue weighted by molar-refractivity contribution is -0.121. The van der Waals surface area contributed by atoms with Crippen LogP contribution in [-0.4, -0.2) is 46.7 Å². The first-order valence-electron chi connectivity index (χ1n) is 7.24. The van der Waals surface area contributed by atoms with Gasteiger partial charge in [-0.1, -0.05) is 0 Å². The zero-order valence-corrected chi connectivity index (χ0v) is 11.7. The van der Waals surface area contributed by atoms with E-state index in [-0.39, 0.29) is 5.91 Å². The molecule has 0 saturated carbocycles. The Balaban J connectivity index is 1.56. The van der Waals surface area contributed by atoms with Gasteiger partial charge in [0.2, 0.25) is 5.91 Å². The van der Waals surface area contributed by atoms with Crippen LogP contribution in [0.15, 0.2) is 12.4 Å². The van der Waals surface area contributed by atoms with Crippen molar-refractivity contribution in [1.82, 2.24) is 20.4 Å². The van der Waals surface area contributed by atoms with Crippen LogP contribution in [0.5, 0.6) is 0 Å². The molecular formula is C14H24N4O. The standard InChI is InChI=1S/C14H24N4O/c1-12(18-8-2-3-9-18)4-5-14(19)15-7-6-13-10-16-17-11-13/h10-12H,2-9H2,1H3,(H,15,19)(H,16,17)/t12-/m0/s1. The van der Waals surface area contributed by atoms with Gasteiger partial charge >= 0.3 is 0 Å². The number of H-pyrrole nitrogens is 1. The molecular weight excluding hydrogens is 240 g/mol. The fourth-order valence-electron chi connectivity index (χ4n) is 2.55. The molecule has 1 saturated heterocycles. The van der Waals surface area contributed by atoms with Crippen LogP contribution in [-0.2, 0) is 11.2 Å². The summed E-state index contributed by atoms with van der Waals surface area (Å²) in [6, 6.07) is 0.530. The van der Waals surface area contributed by atoms with E-state index in [1.165, 1.54) is 25.9 Å². The minimum Gasteiger partial charge on any atom is -0.356 e. The molecule has 1 aromatic heterocycles. The smallest absolute Gasteiger partial charge is 0.220 e. The quantitative estimate of drug-likeness (QED) is 0.781. The van der Waals surface area contributed by atoms with Crippen LogP contribution in [0.25, 0.3) is 0 Å². The zero-order valence-electron chi connectivity index (χ0n) is 11.7. The van der Waals surface area contributed by atoms with Crippen LogP contribution in [0.2, 0.25) is 0 Å². The normalized spacial score (nSPS) is 17.5. The number of hydrogen-bond acceptors (Lipinski definition) is 3. The van der Waals surface area contributed by atoms with E-state index in [0.29, 0.717) is 19.0 Å². The molecule has 0 unspecified atom stereocenters. The summed E-state index contributed by atoms with van der Waals surface area (Å²) in [6.45, 7) is 5.31. The molecule has 0 aliphatic carbocycles. The Labute approximate surface area is 114 Å². The number of nitrogens with one attached hydrogen (secondary N) is 2. The van der Waals surface area contributed by atoms with E-state index >= 15 is 0 Å². The maximum Gasteiger partial charge on any atom is 0.220 e. The van der Waals surface area contributed by atoms with Crippen molar-refractivity contribution in [2.24, 2.45) is 0 Å². The van der Waals surface area contributed by atoms with E-state index in [0.717, 1.165) is 18.4 Å². The Bertz CT molecular complexity index is 371. The first-order chi connectivity index (χ1) is 9.25. The first kappa shape index (κ1) is 14.1. The molecule has 19 heavy (non-hydrogen) atoms. The first-order valence-corrected chi connectivity index (χ1v) is 7.24. The molecule has 2 rings (SSSR count). The number of nitrogens with zero attached hydrogens (tertiary/aromatic N) is 2. The highest BCUT2D eigenvalue weighted by atomic mass is 16.1. The van der Waals surface area contributed by atoms with Gasteiger partial charge in [0, 0.05) is 25.2 Å². The number of hydrogen-bond donors (Lipinski definition) is 2. The number of amides is 1. The van der Waals surface area contributed by atoms with E-state index in [4.69, 9.17) is 0 Å². The topological polar surface area (TPSA) is 61.0 Å². The number of rotatable bonds is 7. The van der Waals surface area contributed by atoms with Gasteiger partial charge in [0.25, 0.3) is 0 Å². The minimum absolute atomic E-state index is 0.162. The fraction of sp³-hybridized carbons (Fsp3) is 0.714. The van der Waals surface area contributed by atoms with Crippen molar-refractivity contribution < 1.29 is 4.79 Å². The van der Waals surface area contributed by atoms with Gasteiger partial charge in [0.15, 0.2) is 0 Å². The molecule has 106 valence electrons. The number of aromatic nitrogens is 2. The van der Waals surface area contributed by atoms with E-state index in [1.807, 2.05) is 6.20 Å². The molecule has 1 aromatic rings. The second-order valence-electron chi connectivity index (χ2n) is 5.34. The Morgan fingerprint density at radius 1 is 1.53 bits per heavy atom. The highest BCUT2D eigenvalue weighted by Crippen LogP contribution is 2.14. The maximum absolute atomic E-state index is 11.7. The lowest BCUT2D eigenvalue weighted by Gasteiger charge is -2.23. The summed E-state index contributed by atoms with van der Waals surface area (Å²) in [7, 11) is 0. The molecule has 1 amide bonds. The predicted octanol–water partition coefficient (Wildman–Crippen LogP) is 1.33. The van der Waals surface area contributed by atoms with Crippen LogP contribution in [0.4, 0.5) is 0 Å². The van der Waals surface area contributed by atoms with Gasteiger partial charge in [0.05, 0.1) is 6.20 Å². The Kier molecular flexibility index (Phi) is 5.39. The van der Waals surface area contributed by atoms with E-state index in [9.17, 15) is 4.79 Å². The maximum atomic E-state index is 11.7. The summed E-state index contributed by atoms with van der Waals surface area (Å²) >= 11 is 0. The Hall–Kier alpha value is -1.36. The third kappa shape index (κ3) is 4.67. The molecule has 1 aliphatic heterocycles. The predicted molar refractivity (Wildman–Crippen MR) is 74.8 cm³/mol. The highest BCUT2D eigenvalue weighted by Gasteiger charge is 2.18. The zero-order chi connectivity index (χ0) is 13.5. The number of aromatic amines is 1. The average molecular weight is 264 g/mol. The van der Waals surface area contributed by atoms with Gasteiger partial charge in [-0.05, 0) is 51.3 Å². The van der Waals surface area contributed by atoms with E-state index in [2.05, 4.69) is 27.3 Å². The van der Waals surface area contributed by atoms with Gasteiger partial charge in [0.1, 0.15) is 0 Å². The largest absolute Gasteiger partial charge is 0.356 e. The number of carbonyl (C=O) groups is 1. The molecule has 1 atom stereocenters. The molecule has 0 aromatic carbocycles. The van der Waals surface area contributed by atoms with Gasteiger partial charge < -0.3 is 10.2 Å². The summed E-state index contributed by atoms with van der Waals surface area (Å²) in [4.78, 5) is 14.2. The lowest BCUT2D eigenvalue weighted by Crippen LogP contribution is -2.32. The molecule has 1 aliphatic rings. The monoisotopic (exact) mass is 264 g/mol. The molecule has 0 bridgehead atoms. The van der Waals surface area contributed by atoms with Crippen molar-refractivity contribution in [2.75, 3.05) is 19.6 Å². The van der Waals surface area contributed by atoms with Crippen molar-refractivity contribution in [1.29, 1.82) is 0 Å². The molecule has 5 nitrogen and oxygen atoms in total. The van der Waals surface area contributed by atoms with Crippen LogP contribution in [0.1, 0.15) is 38.2 Å². The number of likely N-dealkylation sites (tertiary alicyclic amines) is 1. The van der Waals surface area contributed by atoms with Crippen LogP contribution >= 0.6 is 0 Å². The lowest BCUT2D eigenvalue weighted by atomic mass is 10.1. The third-order valence-corrected chi connectivity index (χ3v) is 3.84. The van der Waals surface area contributed by atoms with Gasteiger partial charge in [-0.2, -0.15) is 5.10 Å². The van der Waals surface area contributed by atoms with Crippen LogP contribution in [0.3, 0.4) is 0 Å². The minimum atomic E-state index is 0.162. The molecule has 2 heterocycles. The average Bonchev–Trinajstić information content (AvgIpc) is 3.08. The van der Waals surface area contributed by atoms with Crippen molar-refractivity contribution in [2.45, 2.75) is 45.1 Å². The van der Waals surface area contributed by atoms with Crippen molar-refractivity contribution in [3.8, 4) is 0 Å². The Morgan fingerprint density at radius 2 is 2.32 bits per heavy atom. The second-order valence-corrected chi connectivity index (χ2v) is 5.34. The van der Waals surface area contributed by atoms with Crippen molar-refractivity contribution >= 4 is 5.91 Å².